The van der Waals surface area contributed by atoms with Gasteiger partial charge in [-0.15, -0.1) is 0 Å². The topological polar surface area (TPSA) is 158 Å². The summed E-state index contributed by atoms with van der Waals surface area (Å²) in [4.78, 5) is 19.0. The second-order valence-electron chi connectivity index (χ2n) is 17.3. The standard InChI is InChI=1S/C42H36ClF7IN7O5S2/c1-40(2,64(60,61)22-4-5-22)11-10-30-29(51)17-25(24-8-9-28(43)34-36(24)57(3)55-39(34)56-65(62,63)23-6-7-23)35(53-30)31(14-19-12-20(44)15-21(45)13-19)52-32(59)18-58-38-33(37(54-58)42(48,49)50)26-16-27(26)41(38,46)47/h8-9,12-13,15,17,22-23,26-27,31H,4-7,14,16,18H2,1-3H3,(H,52,59)(H,55,56)/t26-,27+,31-/m0/s1. The number of sulfonamides is 1. The van der Waals surface area contributed by atoms with Gasteiger partial charge >= 0.3 is 6.18 Å². The number of aryl methyl sites for hydroxylation is 1. The molecule has 3 saturated carbocycles. The fourth-order valence-electron chi connectivity index (χ4n) is 8.56. The Morgan fingerprint density at radius 3 is 2.29 bits per heavy atom. The van der Waals surface area contributed by atoms with E-state index in [0.717, 1.165) is 12.1 Å². The number of hydrogen-bond donors (Lipinski definition) is 2. The Bertz CT molecular complexity index is 3140. The van der Waals surface area contributed by atoms with Crippen molar-refractivity contribution in [3.8, 4) is 23.0 Å². The fraction of sp³-hybridized carbons (Fsp3) is 0.429. The summed E-state index contributed by atoms with van der Waals surface area (Å²) in [7, 11) is -6.06. The molecule has 9 rings (SSSR count). The van der Waals surface area contributed by atoms with Gasteiger partial charge in [0.05, 0.1) is 38.2 Å². The average molecular weight is 1080 g/mol. The van der Waals surface area contributed by atoms with Gasteiger partial charge in [-0.1, -0.05) is 23.6 Å². The number of amides is 1. The van der Waals surface area contributed by atoms with Crippen LogP contribution in [-0.2, 0) is 56.8 Å². The summed E-state index contributed by atoms with van der Waals surface area (Å²) in [6, 6.07) is 5.69. The molecule has 0 aliphatic heterocycles. The molecule has 0 unspecified atom stereocenters. The van der Waals surface area contributed by atoms with Crippen LogP contribution in [0.1, 0.15) is 91.8 Å². The third-order valence-corrected chi connectivity index (χ3v) is 18.0. The van der Waals surface area contributed by atoms with E-state index in [1.807, 2.05) is 22.6 Å². The quantitative estimate of drug-likeness (QED) is 0.0718. The molecular formula is C42H36ClF7IN7O5S2. The normalized spacial score (nSPS) is 19.6. The van der Waals surface area contributed by atoms with Gasteiger partial charge in [0.2, 0.25) is 15.9 Å². The molecule has 5 aromatic rings. The van der Waals surface area contributed by atoms with Gasteiger partial charge < -0.3 is 5.32 Å². The van der Waals surface area contributed by atoms with Crippen LogP contribution in [0.3, 0.4) is 0 Å². The van der Waals surface area contributed by atoms with Gasteiger partial charge in [-0.2, -0.15) is 32.1 Å². The van der Waals surface area contributed by atoms with Crippen LogP contribution in [0, 0.1) is 33.0 Å². The van der Waals surface area contributed by atoms with Gasteiger partial charge in [0.15, 0.2) is 21.3 Å². The third-order valence-electron chi connectivity index (χ3n) is 12.1. The summed E-state index contributed by atoms with van der Waals surface area (Å²) in [5.74, 6) is -3.71. The summed E-state index contributed by atoms with van der Waals surface area (Å²) in [6.07, 6.45) is -3.88. The molecule has 3 heterocycles. The number of sulfone groups is 1. The molecule has 0 saturated heterocycles. The van der Waals surface area contributed by atoms with E-state index in [-0.39, 0.29) is 56.2 Å². The zero-order valence-corrected chi connectivity index (χ0v) is 38.8. The lowest BCUT2D eigenvalue weighted by molar-refractivity contribution is -0.142. The van der Waals surface area contributed by atoms with Crippen molar-refractivity contribution in [1.82, 2.24) is 29.9 Å². The zero-order chi connectivity index (χ0) is 46.9. The number of aromatic nitrogens is 5. The molecule has 2 aromatic carbocycles. The maximum Gasteiger partial charge on any atom is 0.435 e. The van der Waals surface area contributed by atoms with Crippen LogP contribution in [0.5, 0.6) is 0 Å². The van der Waals surface area contributed by atoms with Crippen LogP contribution in [0.15, 0.2) is 36.4 Å². The van der Waals surface area contributed by atoms with Gasteiger partial charge in [0.25, 0.3) is 5.92 Å². The first-order valence-electron chi connectivity index (χ1n) is 20.2. The number of nitrogens with zero attached hydrogens (tertiary/aromatic N) is 5. The Hall–Kier alpha value is -4.47. The predicted molar refractivity (Wildman–Crippen MR) is 233 cm³/mol. The first kappa shape index (κ1) is 45.7. The predicted octanol–water partition coefficient (Wildman–Crippen LogP) is 8.31. The molecule has 12 nitrogen and oxygen atoms in total. The number of rotatable bonds is 12. The number of fused-ring (bicyclic) bond motifs is 4. The average Bonchev–Trinajstić information content (AvgIpc) is 4.07. The molecule has 65 heavy (non-hydrogen) atoms. The molecule has 0 radical (unpaired) electrons. The lowest BCUT2D eigenvalue weighted by Gasteiger charge is -2.24. The van der Waals surface area contributed by atoms with E-state index in [1.54, 1.807) is 12.1 Å². The molecule has 23 heteroatoms. The molecule has 3 atom stereocenters. The second kappa shape index (κ2) is 15.5. The number of alkyl halides is 5. The highest BCUT2D eigenvalue weighted by Gasteiger charge is 2.68. The van der Waals surface area contributed by atoms with E-state index >= 15 is 8.78 Å². The number of benzene rings is 2. The van der Waals surface area contributed by atoms with Gasteiger partial charge in [-0.25, -0.2) is 30.6 Å². The minimum atomic E-state index is -5.11. The van der Waals surface area contributed by atoms with Crippen LogP contribution in [0.2, 0.25) is 5.02 Å². The number of carbonyl (C=O) groups is 1. The molecule has 0 bridgehead atoms. The Kier molecular flexibility index (Phi) is 10.9. The summed E-state index contributed by atoms with van der Waals surface area (Å²) >= 11 is 8.64. The lowest BCUT2D eigenvalue weighted by Crippen LogP contribution is -2.35. The van der Waals surface area contributed by atoms with Crippen molar-refractivity contribution in [2.24, 2.45) is 13.0 Å². The van der Waals surface area contributed by atoms with Gasteiger partial charge in [0, 0.05) is 39.3 Å². The third kappa shape index (κ3) is 8.25. The maximum absolute atomic E-state index is 15.6. The molecule has 344 valence electrons. The first-order valence-corrected chi connectivity index (χ1v) is 24.8. The number of halogens is 9. The number of anilines is 1. The van der Waals surface area contributed by atoms with Crippen LogP contribution < -0.4 is 10.0 Å². The van der Waals surface area contributed by atoms with Crippen molar-refractivity contribution in [2.45, 2.75) is 98.2 Å². The molecule has 1 amide bonds. The highest BCUT2D eigenvalue weighted by molar-refractivity contribution is 14.1. The number of carbonyl (C=O) groups excluding carboxylic acids is 1. The van der Waals surface area contributed by atoms with E-state index in [2.05, 4.69) is 32.1 Å². The summed E-state index contributed by atoms with van der Waals surface area (Å²) in [5, 5.41) is 9.61. The summed E-state index contributed by atoms with van der Waals surface area (Å²) in [6.45, 7) is 1.77. The van der Waals surface area contributed by atoms with Crippen molar-refractivity contribution in [3.05, 3.63) is 90.5 Å². The number of nitrogens with one attached hydrogen (secondary N) is 2. The van der Waals surface area contributed by atoms with Gasteiger partial charge in [-0.3, -0.25) is 18.9 Å². The number of hydrogen-bond acceptors (Lipinski definition) is 8. The molecule has 3 fully saturated rings. The van der Waals surface area contributed by atoms with Crippen LogP contribution in [0.4, 0.5) is 36.6 Å². The highest BCUT2D eigenvalue weighted by atomic mass is 127. The van der Waals surface area contributed by atoms with E-state index in [1.165, 1.54) is 31.6 Å². The lowest BCUT2D eigenvalue weighted by atomic mass is 9.93. The Labute approximate surface area is 386 Å². The highest BCUT2D eigenvalue weighted by Crippen LogP contribution is 2.68. The largest absolute Gasteiger partial charge is 0.435 e. The molecule has 2 N–H and O–H groups in total. The van der Waals surface area contributed by atoms with Gasteiger partial charge in [0.1, 0.15) is 34.3 Å². The minimum Gasteiger partial charge on any atom is -0.346 e. The summed E-state index contributed by atoms with van der Waals surface area (Å²) in [5.41, 5.74) is -2.57. The molecule has 3 aromatic heterocycles. The van der Waals surface area contributed by atoms with Crippen LogP contribution in [-0.4, -0.2) is 62.5 Å². The van der Waals surface area contributed by atoms with Crippen molar-refractivity contribution < 1.29 is 52.4 Å². The summed E-state index contributed by atoms with van der Waals surface area (Å²) < 4.78 is 159. The fourth-order valence-corrected chi connectivity index (χ4v) is 12.5. The maximum atomic E-state index is 15.6. The SMILES string of the molecule is Cn1nc(NS(=O)(=O)C2CC2)c2c(Cl)ccc(-c3cc(I)c(C#CC(C)(C)S(=O)(=O)C4CC4)nc3[C@H](Cc3cc(F)cc(F)c3)NC(=O)Cn3nc(C(F)(F)F)c4c3C(F)(F)[C@@H]3C[C@H]43)c21. The van der Waals surface area contributed by atoms with Crippen molar-refractivity contribution in [2.75, 3.05) is 4.72 Å². The van der Waals surface area contributed by atoms with E-state index in [0.29, 0.717) is 40.0 Å². The second-order valence-corrected chi connectivity index (χ2v) is 23.6. The van der Waals surface area contributed by atoms with Crippen molar-refractivity contribution >= 4 is 76.7 Å². The van der Waals surface area contributed by atoms with Gasteiger partial charge in [-0.05, 0) is 117 Å². The number of pyridine rings is 1. The van der Waals surface area contributed by atoms with Crippen molar-refractivity contribution in [3.63, 3.8) is 0 Å². The Balaban J connectivity index is 1.21. The Morgan fingerprint density at radius 2 is 1.66 bits per heavy atom. The van der Waals surface area contributed by atoms with Crippen LogP contribution >= 0.6 is 34.2 Å². The van der Waals surface area contributed by atoms with E-state index in [9.17, 15) is 43.6 Å². The van der Waals surface area contributed by atoms with E-state index in [4.69, 9.17) is 16.6 Å². The van der Waals surface area contributed by atoms with E-state index < -0.39 is 113 Å². The smallest absolute Gasteiger partial charge is 0.346 e. The minimum absolute atomic E-state index is 0.000211. The molecule has 4 aliphatic rings. The first-order chi connectivity index (χ1) is 30.3. The Morgan fingerprint density at radius 1 is 1.00 bits per heavy atom. The monoisotopic (exact) mass is 1080 g/mol. The molecular weight excluding hydrogens is 1040 g/mol. The molecule has 0 spiro atoms. The zero-order valence-electron chi connectivity index (χ0n) is 34.3. The van der Waals surface area contributed by atoms with Crippen molar-refractivity contribution in [1.29, 1.82) is 0 Å². The van der Waals surface area contributed by atoms with Crippen LogP contribution in [0.25, 0.3) is 22.0 Å². The molecule has 4 aliphatic carbocycles.